The molecule has 6 nitrogen and oxygen atoms in total. The standard InChI is InChI=1S/C22H26N2O4S/c25-20-14-23(12-11-17-5-2-1-3-6-17)22(26)16-24(15-20)29(27,28)21-10-9-18-7-4-8-19(18)13-21/h1-3,5-6,9-10,13,20,25H,4,7-8,11-12,14-16H2. The van der Waals surface area contributed by atoms with E-state index in [9.17, 15) is 18.3 Å². The van der Waals surface area contributed by atoms with Gasteiger partial charge in [-0.2, -0.15) is 4.31 Å². The molecule has 1 aliphatic carbocycles. The molecular formula is C22H26N2O4S. The molecule has 1 saturated heterocycles. The summed E-state index contributed by atoms with van der Waals surface area (Å²) in [6.45, 7) is 0.271. The number of hydrogen-bond donors (Lipinski definition) is 1. The molecule has 1 fully saturated rings. The van der Waals surface area contributed by atoms with Crippen molar-refractivity contribution < 1.29 is 18.3 Å². The van der Waals surface area contributed by atoms with Crippen molar-refractivity contribution in [3.63, 3.8) is 0 Å². The van der Waals surface area contributed by atoms with Crippen molar-refractivity contribution in [2.75, 3.05) is 26.2 Å². The maximum absolute atomic E-state index is 13.2. The van der Waals surface area contributed by atoms with Crippen LogP contribution in [0.2, 0.25) is 0 Å². The van der Waals surface area contributed by atoms with Crippen LogP contribution in [0, 0.1) is 0 Å². The third-order valence-corrected chi connectivity index (χ3v) is 7.54. The van der Waals surface area contributed by atoms with Crippen LogP contribution in [-0.2, 0) is 34.1 Å². The molecule has 1 aliphatic heterocycles. The summed E-state index contributed by atoms with van der Waals surface area (Å²) in [7, 11) is -3.84. The zero-order valence-corrected chi connectivity index (χ0v) is 17.1. The summed E-state index contributed by atoms with van der Waals surface area (Å²) in [4.78, 5) is 14.5. The SMILES string of the molecule is O=C1CN(S(=O)(=O)c2ccc3c(c2)CCC3)CC(O)CN1CCc1ccccc1. The number of benzene rings is 2. The molecule has 29 heavy (non-hydrogen) atoms. The summed E-state index contributed by atoms with van der Waals surface area (Å²) in [5.41, 5.74) is 3.36. The first-order valence-corrected chi connectivity index (χ1v) is 11.5. The van der Waals surface area contributed by atoms with E-state index in [1.807, 2.05) is 36.4 Å². The number of aliphatic hydroxyl groups is 1. The fourth-order valence-electron chi connectivity index (χ4n) is 4.13. The molecule has 1 unspecified atom stereocenters. The first kappa shape index (κ1) is 20.1. The zero-order chi connectivity index (χ0) is 20.4. The molecule has 154 valence electrons. The lowest BCUT2D eigenvalue weighted by Crippen LogP contribution is -2.40. The van der Waals surface area contributed by atoms with Crippen LogP contribution in [0.4, 0.5) is 0 Å². The van der Waals surface area contributed by atoms with Crippen molar-refractivity contribution in [2.24, 2.45) is 0 Å². The fourth-order valence-corrected chi connectivity index (χ4v) is 5.61. The number of carbonyl (C=O) groups is 1. The van der Waals surface area contributed by atoms with Gasteiger partial charge in [0.25, 0.3) is 0 Å². The molecule has 2 aromatic carbocycles. The lowest BCUT2D eigenvalue weighted by molar-refractivity contribution is -0.130. The Bertz CT molecular complexity index is 991. The molecule has 4 rings (SSSR count). The second kappa shape index (κ2) is 8.26. The van der Waals surface area contributed by atoms with Gasteiger partial charge in [0.1, 0.15) is 0 Å². The number of sulfonamides is 1. The van der Waals surface area contributed by atoms with Gasteiger partial charge in [0.2, 0.25) is 15.9 Å². The van der Waals surface area contributed by atoms with Gasteiger partial charge in [0, 0.05) is 19.6 Å². The summed E-state index contributed by atoms with van der Waals surface area (Å²) in [6.07, 6.45) is 2.65. The van der Waals surface area contributed by atoms with Crippen molar-refractivity contribution in [3.8, 4) is 0 Å². The smallest absolute Gasteiger partial charge is 0.243 e. The van der Waals surface area contributed by atoms with Crippen LogP contribution in [0.15, 0.2) is 53.4 Å². The zero-order valence-electron chi connectivity index (χ0n) is 16.3. The molecule has 0 aromatic heterocycles. The fraction of sp³-hybridized carbons (Fsp3) is 0.409. The number of β-amino-alcohol motifs (C(OH)–C–C–N with tert-alkyl or cyclic N) is 1. The number of carbonyl (C=O) groups excluding carboxylic acids is 1. The van der Waals surface area contributed by atoms with Gasteiger partial charge in [0.05, 0.1) is 17.5 Å². The Labute approximate surface area is 171 Å². The molecular weight excluding hydrogens is 388 g/mol. The molecule has 1 atom stereocenters. The van der Waals surface area contributed by atoms with Crippen molar-refractivity contribution in [1.29, 1.82) is 0 Å². The first-order chi connectivity index (χ1) is 13.9. The molecule has 2 aromatic rings. The van der Waals surface area contributed by atoms with Gasteiger partial charge in [-0.25, -0.2) is 8.42 Å². The minimum atomic E-state index is -3.84. The quantitative estimate of drug-likeness (QED) is 0.806. The van der Waals surface area contributed by atoms with Gasteiger partial charge >= 0.3 is 0 Å². The van der Waals surface area contributed by atoms with Gasteiger partial charge in [-0.15, -0.1) is 0 Å². The second-order valence-electron chi connectivity index (χ2n) is 7.81. The average Bonchev–Trinajstić information content (AvgIpc) is 3.13. The van der Waals surface area contributed by atoms with Gasteiger partial charge < -0.3 is 10.0 Å². The molecule has 1 heterocycles. The van der Waals surface area contributed by atoms with E-state index in [1.165, 1.54) is 5.56 Å². The van der Waals surface area contributed by atoms with Gasteiger partial charge in [-0.05, 0) is 54.5 Å². The minimum absolute atomic E-state index is 0.0764. The Kier molecular flexibility index (Phi) is 5.72. The third-order valence-electron chi connectivity index (χ3n) is 5.73. The van der Waals surface area contributed by atoms with Crippen LogP contribution < -0.4 is 0 Å². The number of aryl methyl sites for hydroxylation is 2. The Balaban J connectivity index is 1.49. The molecule has 2 aliphatic rings. The van der Waals surface area contributed by atoms with Gasteiger partial charge in [-0.1, -0.05) is 36.4 Å². The van der Waals surface area contributed by atoms with E-state index in [4.69, 9.17) is 0 Å². The maximum atomic E-state index is 13.2. The van der Waals surface area contributed by atoms with Crippen LogP contribution in [-0.4, -0.2) is 60.9 Å². The maximum Gasteiger partial charge on any atom is 0.243 e. The lowest BCUT2D eigenvalue weighted by Gasteiger charge is -2.22. The predicted molar refractivity (Wildman–Crippen MR) is 110 cm³/mol. The molecule has 7 heteroatoms. The highest BCUT2D eigenvalue weighted by molar-refractivity contribution is 7.89. The lowest BCUT2D eigenvalue weighted by atomic mass is 10.1. The number of aliphatic hydroxyl groups excluding tert-OH is 1. The molecule has 0 radical (unpaired) electrons. The molecule has 1 N–H and O–H groups in total. The monoisotopic (exact) mass is 414 g/mol. The molecule has 0 bridgehead atoms. The first-order valence-electron chi connectivity index (χ1n) is 10.1. The molecule has 0 saturated carbocycles. The Hall–Kier alpha value is -2.22. The summed E-state index contributed by atoms with van der Waals surface area (Å²) in [5, 5.41) is 10.4. The summed E-state index contributed by atoms with van der Waals surface area (Å²) in [6, 6.07) is 15.0. The highest BCUT2D eigenvalue weighted by Crippen LogP contribution is 2.27. The average molecular weight is 415 g/mol. The number of rotatable bonds is 5. The topological polar surface area (TPSA) is 77.9 Å². The Morgan fingerprint density at radius 3 is 2.55 bits per heavy atom. The third kappa shape index (κ3) is 4.37. The van der Waals surface area contributed by atoms with Crippen molar-refractivity contribution >= 4 is 15.9 Å². The highest BCUT2D eigenvalue weighted by atomic mass is 32.2. The summed E-state index contributed by atoms with van der Waals surface area (Å²) >= 11 is 0. The van der Waals surface area contributed by atoms with E-state index < -0.39 is 16.1 Å². The molecule has 1 amide bonds. The van der Waals surface area contributed by atoms with E-state index in [1.54, 1.807) is 17.0 Å². The van der Waals surface area contributed by atoms with E-state index in [0.29, 0.717) is 13.0 Å². The van der Waals surface area contributed by atoms with E-state index in [2.05, 4.69) is 0 Å². The second-order valence-corrected chi connectivity index (χ2v) is 9.75. The largest absolute Gasteiger partial charge is 0.390 e. The highest BCUT2D eigenvalue weighted by Gasteiger charge is 2.34. The minimum Gasteiger partial charge on any atom is -0.390 e. The van der Waals surface area contributed by atoms with Crippen molar-refractivity contribution in [2.45, 2.75) is 36.7 Å². The van der Waals surface area contributed by atoms with Gasteiger partial charge in [0.15, 0.2) is 0 Å². The van der Waals surface area contributed by atoms with E-state index >= 15 is 0 Å². The van der Waals surface area contributed by atoms with Crippen LogP contribution >= 0.6 is 0 Å². The summed E-state index contributed by atoms with van der Waals surface area (Å²) in [5.74, 6) is -0.276. The van der Waals surface area contributed by atoms with Gasteiger partial charge in [-0.3, -0.25) is 4.79 Å². The van der Waals surface area contributed by atoms with E-state index in [0.717, 1.165) is 34.7 Å². The van der Waals surface area contributed by atoms with Crippen LogP contribution in [0.25, 0.3) is 0 Å². The van der Waals surface area contributed by atoms with E-state index in [-0.39, 0.29) is 30.4 Å². The Morgan fingerprint density at radius 2 is 1.76 bits per heavy atom. The summed E-state index contributed by atoms with van der Waals surface area (Å²) < 4.78 is 27.4. The Morgan fingerprint density at radius 1 is 1.00 bits per heavy atom. The normalized spacial score (nSPS) is 20.5. The van der Waals surface area contributed by atoms with Crippen molar-refractivity contribution in [3.05, 3.63) is 65.2 Å². The van der Waals surface area contributed by atoms with Crippen LogP contribution in [0.5, 0.6) is 0 Å². The number of hydrogen-bond acceptors (Lipinski definition) is 4. The predicted octanol–water partition coefficient (Wildman–Crippen LogP) is 1.61. The molecule has 0 spiro atoms. The number of nitrogens with zero attached hydrogens (tertiary/aromatic N) is 2. The van der Waals surface area contributed by atoms with Crippen LogP contribution in [0.1, 0.15) is 23.1 Å². The van der Waals surface area contributed by atoms with Crippen LogP contribution in [0.3, 0.4) is 0 Å². The number of amides is 1. The number of fused-ring (bicyclic) bond motifs is 1. The van der Waals surface area contributed by atoms with Crippen molar-refractivity contribution in [1.82, 2.24) is 9.21 Å².